The van der Waals surface area contributed by atoms with Crippen molar-refractivity contribution in [3.63, 3.8) is 0 Å². The van der Waals surface area contributed by atoms with E-state index in [1.54, 1.807) is 0 Å². The molecule has 0 bridgehead atoms. The van der Waals surface area contributed by atoms with Gasteiger partial charge in [-0.2, -0.15) is 8.78 Å². The molecule has 1 heterocycles. The van der Waals surface area contributed by atoms with Crippen LogP contribution in [0.15, 0.2) is 0 Å². The van der Waals surface area contributed by atoms with Gasteiger partial charge >= 0.3 is 11.9 Å². The van der Waals surface area contributed by atoms with Crippen LogP contribution in [-0.4, -0.2) is 30.6 Å². The summed E-state index contributed by atoms with van der Waals surface area (Å²) in [5, 5.41) is 3.12. The Bertz CT molecular complexity index is 258. The maximum Gasteiger partial charge on any atom is 0.377 e. The van der Waals surface area contributed by atoms with Gasteiger partial charge in [-0.05, 0) is 12.8 Å². The first-order chi connectivity index (χ1) is 7.36. The summed E-state index contributed by atoms with van der Waals surface area (Å²) in [5.41, 5.74) is 0. The van der Waals surface area contributed by atoms with E-state index in [0.29, 0.717) is 12.5 Å². The summed E-state index contributed by atoms with van der Waals surface area (Å²) in [6.45, 7) is 6.47. The first-order valence-electron chi connectivity index (χ1n) is 5.69. The van der Waals surface area contributed by atoms with Crippen molar-refractivity contribution in [2.75, 3.05) is 6.54 Å². The average molecular weight is 235 g/mol. The number of rotatable bonds is 5. The van der Waals surface area contributed by atoms with Gasteiger partial charge in [-0.1, -0.05) is 20.3 Å². The molecule has 0 aromatic heterocycles. The molecule has 3 atom stereocenters. The van der Waals surface area contributed by atoms with E-state index in [0.717, 1.165) is 6.42 Å². The molecule has 0 radical (unpaired) electrons. The predicted molar refractivity (Wildman–Crippen MR) is 56.4 cm³/mol. The Balaban J connectivity index is 2.33. The fraction of sp³-hybridized carbons (Fsp3) is 0.909. The molecule has 0 aromatic carbocycles. The first kappa shape index (κ1) is 13.4. The minimum Gasteiger partial charge on any atom is -0.456 e. The van der Waals surface area contributed by atoms with Gasteiger partial charge < -0.3 is 10.1 Å². The molecule has 0 aliphatic carbocycles. The molecule has 0 spiro atoms. The SMILES string of the molecule is CCC(C)C(C)NCC1CC(F)(F)C(=O)O1. The molecule has 1 N–H and O–H groups in total. The van der Waals surface area contributed by atoms with E-state index in [1.807, 2.05) is 6.92 Å². The number of ether oxygens (including phenoxy) is 1. The fourth-order valence-electron chi connectivity index (χ4n) is 1.63. The number of halogens is 2. The number of alkyl halides is 2. The second-order valence-electron chi connectivity index (χ2n) is 4.52. The third-order valence-electron chi connectivity index (χ3n) is 3.22. The van der Waals surface area contributed by atoms with Gasteiger partial charge in [0.2, 0.25) is 0 Å². The van der Waals surface area contributed by atoms with Crippen LogP contribution in [0.5, 0.6) is 0 Å². The Labute approximate surface area is 94.5 Å². The van der Waals surface area contributed by atoms with Crippen LogP contribution in [0.25, 0.3) is 0 Å². The third-order valence-corrected chi connectivity index (χ3v) is 3.22. The lowest BCUT2D eigenvalue weighted by molar-refractivity contribution is -0.159. The zero-order valence-electron chi connectivity index (χ0n) is 9.93. The molecule has 0 amide bonds. The van der Waals surface area contributed by atoms with Crippen molar-refractivity contribution in [1.29, 1.82) is 0 Å². The van der Waals surface area contributed by atoms with Crippen molar-refractivity contribution in [3.05, 3.63) is 0 Å². The van der Waals surface area contributed by atoms with Crippen molar-refractivity contribution < 1.29 is 18.3 Å². The summed E-state index contributed by atoms with van der Waals surface area (Å²) >= 11 is 0. The van der Waals surface area contributed by atoms with Crippen LogP contribution in [0.2, 0.25) is 0 Å². The highest BCUT2D eigenvalue weighted by molar-refractivity contribution is 5.79. The first-order valence-corrected chi connectivity index (χ1v) is 5.69. The summed E-state index contributed by atoms with van der Waals surface area (Å²) in [4.78, 5) is 10.7. The Hall–Kier alpha value is -0.710. The molecule has 3 unspecified atom stereocenters. The smallest absolute Gasteiger partial charge is 0.377 e. The van der Waals surface area contributed by atoms with Gasteiger partial charge in [0.1, 0.15) is 6.10 Å². The lowest BCUT2D eigenvalue weighted by Gasteiger charge is -2.21. The topological polar surface area (TPSA) is 38.3 Å². The van der Waals surface area contributed by atoms with Crippen LogP contribution in [0, 0.1) is 5.92 Å². The van der Waals surface area contributed by atoms with E-state index in [1.165, 1.54) is 0 Å². The zero-order valence-corrected chi connectivity index (χ0v) is 9.93. The number of cyclic esters (lactones) is 1. The van der Waals surface area contributed by atoms with Gasteiger partial charge in [0.15, 0.2) is 0 Å². The van der Waals surface area contributed by atoms with Gasteiger partial charge in [-0.25, -0.2) is 4.79 Å². The van der Waals surface area contributed by atoms with Gasteiger partial charge in [0.05, 0.1) is 6.42 Å². The second-order valence-corrected chi connectivity index (χ2v) is 4.52. The molecule has 0 aromatic rings. The van der Waals surface area contributed by atoms with E-state index in [2.05, 4.69) is 23.9 Å². The third kappa shape index (κ3) is 3.14. The zero-order chi connectivity index (χ0) is 12.3. The second kappa shape index (κ2) is 5.08. The Morgan fingerprint density at radius 1 is 1.56 bits per heavy atom. The lowest BCUT2D eigenvalue weighted by atomic mass is 10.0. The van der Waals surface area contributed by atoms with Gasteiger partial charge in [-0.15, -0.1) is 0 Å². The molecule has 5 heteroatoms. The monoisotopic (exact) mass is 235 g/mol. The van der Waals surface area contributed by atoms with Crippen LogP contribution in [-0.2, 0) is 9.53 Å². The summed E-state index contributed by atoms with van der Waals surface area (Å²) in [5.74, 6) is -4.22. The number of carbonyl (C=O) groups is 1. The van der Waals surface area contributed by atoms with E-state index < -0.39 is 24.4 Å². The minimum atomic E-state index is -3.30. The molecule has 1 saturated heterocycles. The van der Waals surface area contributed by atoms with Crippen LogP contribution in [0.1, 0.15) is 33.6 Å². The lowest BCUT2D eigenvalue weighted by Crippen LogP contribution is -2.37. The number of carbonyl (C=O) groups excluding carboxylic acids is 1. The molecule has 1 fully saturated rings. The molecule has 0 saturated carbocycles. The van der Waals surface area contributed by atoms with Crippen molar-refractivity contribution in [1.82, 2.24) is 5.32 Å². The maximum absolute atomic E-state index is 12.8. The highest BCUT2D eigenvalue weighted by Crippen LogP contribution is 2.30. The highest BCUT2D eigenvalue weighted by Gasteiger charge is 2.50. The van der Waals surface area contributed by atoms with Crippen LogP contribution in [0.4, 0.5) is 8.78 Å². The largest absolute Gasteiger partial charge is 0.456 e. The molecule has 1 aliphatic heterocycles. The summed E-state index contributed by atoms with van der Waals surface area (Å²) < 4.78 is 30.3. The number of hydrogen-bond donors (Lipinski definition) is 1. The van der Waals surface area contributed by atoms with Gasteiger partial charge in [-0.3, -0.25) is 0 Å². The molecular weight excluding hydrogens is 216 g/mol. The number of esters is 1. The van der Waals surface area contributed by atoms with E-state index in [4.69, 9.17) is 0 Å². The average Bonchev–Trinajstić information content (AvgIpc) is 2.48. The number of hydrogen-bond acceptors (Lipinski definition) is 3. The van der Waals surface area contributed by atoms with E-state index in [-0.39, 0.29) is 6.04 Å². The van der Waals surface area contributed by atoms with Crippen LogP contribution in [0.3, 0.4) is 0 Å². The van der Waals surface area contributed by atoms with Crippen molar-refractivity contribution in [2.24, 2.45) is 5.92 Å². The van der Waals surface area contributed by atoms with Crippen LogP contribution < -0.4 is 5.32 Å². The van der Waals surface area contributed by atoms with E-state index >= 15 is 0 Å². The van der Waals surface area contributed by atoms with Crippen molar-refractivity contribution in [2.45, 2.75) is 51.7 Å². The predicted octanol–water partition coefficient (Wildman–Crippen LogP) is 1.96. The molecule has 3 nitrogen and oxygen atoms in total. The molecule has 16 heavy (non-hydrogen) atoms. The van der Waals surface area contributed by atoms with Crippen molar-refractivity contribution >= 4 is 5.97 Å². The highest BCUT2D eigenvalue weighted by atomic mass is 19.3. The number of nitrogens with one attached hydrogen (secondary N) is 1. The Morgan fingerprint density at radius 2 is 2.19 bits per heavy atom. The van der Waals surface area contributed by atoms with Gasteiger partial charge in [0.25, 0.3) is 0 Å². The van der Waals surface area contributed by atoms with Crippen LogP contribution >= 0.6 is 0 Å². The summed E-state index contributed by atoms with van der Waals surface area (Å²) in [6.07, 6.45) is -0.185. The molecule has 1 rings (SSSR count). The van der Waals surface area contributed by atoms with Crippen molar-refractivity contribution in [3.8, 4) is 0 Å². The fourth-order valence-corrected chi connectivity index (χ4v) is 1.63. The molecule has 1 aliphatic rings. The summed E-state index contributed by atoms with van der Waals surface area (Å²) in [7, 11) is 0. The normalized spacial score (nSPS) is 27.6. The summed E-state index contributed by atoms with van der Waals surface area (Å²) in [6, 6.07) is 0.234. The van der Waals surface area contributed by atoms with E-state index in [9.17, 15) is 13.6 Å². The maximum atomic E-state index is 12.8. The van der Waals surface area contributed by atoms with Gasteiger partial charge in [0, 0.05) is 12.6 Å². The Kier molecular flexibility index (Phi) is 4.24. The quantitative estimate of drug-likeness (QED) is 0.740. The molecule has 94 valence electrons. The Morgan fingerprint density at radius 3 is 2.62 bits per heavy atom. The minimum absolute atomic E-state index is 0.234. The molecular formula is C11H19F2NO2. The standard InChI is InChI=1S/C11H19F2NO2/c1-4-7(2)8(3)14-6-9-5-11(12,13)10(15)16-9/h7-9,14H,4-6H2,1-3H3.